The summed E-state index contributed by atoms with van der Waals surface area (Å²) in [4.78, 5) is 23.1. The van der Waals surface area contributed by atoms with Crippen molar-refractivity contribution < 1.29 is 28.2 Å². The number of halogens is 1. The fourth-order valence-corrected chi connectivity index (χ4v) is 1.78. The van der Waals surface area contributed by atoms with Gasteiger partial charge in [-0.1, -0.05) is 18.2 Å². The molecule has 0 spiro atoms. The van der Waals surface area contributed by atoms with Gasteiger partial charge in [0, 0.05) is 0 Å². The number of amides is 1. The highest BCUT2D eigenvalue weighted by Crippen LogP contribution is 2.10. The second-order valence-corrected chi connectivity index (χ2v) is 4.90. The number of rotatable bonds is 9. The first kappa shape index (κ1) is 18.3. The second-order valence-electron chi connectivity index (χ2n) is 4.90. The maximum atomic E-state index is 12.7. The number of esters is 1. The molecule has 25 heavy (non-hydrogen) atoms. The summed E-state index contributed by atoms with van der Waals surface area (Å²) < 4.78 is 28.1. The van der Waals surface area contributed by atoms with Gasteiger partial charge in [0.2, 0.25) is 0 Å². The van der Waals surface area contributed by atoms with Crippen LogP contribution in [0.1, 0.15) is 0 Å². The molecule has 2 rings (SSSR count). The van der Waals surface area contributed by atoms with Gasteiger partial charge in [0.25, 0.3) is 5.91 Å². The molecule has 0 aliphatic rings. The predicted octanol–water partition coefficient (Wildman–Crippen LogP) is 1.94. The minimum atomic E-state index is -0.587. The molecule has 0 aromatic heterocycles. The molecular weight excluding hydrogens is 329 g/mol. The topological polar surface area (TPSA) is 73.9 Å². The highest BCUT2D eigenvalue weighted by Gasteiger charge is 2.07. The van der Waals surface area contributed by atoms with E-state index < -0.39 is 11.9 Å². The van der Waals surface area contributed by atoms with Gasteiger partial charge in [0.05, 0.1) is 0 Å². The highest BCUT2D eigenvalue weighted by molar-refractivity contribution is 5.82. The zero-order chi connectivity index (χ0) is 17.9. The van der Waals surface area contributed by atoms with Crippen LogP contribution in [0.25, 0.3) is 0 Å². The Bertz CT molecular complexity index is 676. The summed E-state index contributed by atoms with van der Waals surface area (Å²) in [5.74, 6) is -0.327. The first-order chi connectivity index (χ1) is 12.1. The van der Waals surface area contributed by atoms with E-state index in [1.165, 1.54) is 24.3 Å². The highest BCUT2D eigenvalue weighted by atomic mass is 19.1. The van der Waals surface area contributed by atoms with Crippen molar-refractivity contribution in [3.05, 3.63) is 60.4 Å². The third-order valence-corrected chi connectivity index (χ3v) is 2.97. The summed E-state index contributed by atoms with van der Waals surface area (Å²) in [5, 5.41) is 2.40. The quantitative estimate of drug-likeness (QED) is 0.554. The van der Waals surface area contributed by atoms with Crippen LogP contribution in [0.3, 0.4) is 0 Å². The van der Waals surface area contributed by atoms with Crippen LogP contribution in [0.5, 0.6) is 11.5 Å². The molecular formula is C18H18FNO5. The van der Waals surface area contributed by atoms with E-state index in [-0.39, 0.29) is 32.2 Å². The van der Waals surface area contributed by atoms with E-state index in [0.717, 1.165) is 0 Å². The summed E-state index contributed by atoms with van der Waals surface area (Å²) in [5.41, 5.74) is 0. The molecule has 0 saturated heterocycles. The molecule has 2 aromatic rings. The zero-order valence-electron chi connectivity index (χ0n) is 13.4. The van der Waals surface area contributed by atoms with Crippen molar-refractivity contribution >= 4 is 11.9 Å². The first-order valence-electron chi connectivity index (χ1n) is 7.62. The maximum absolute atomic E-state index is 12.7. The minimum absolute atomic E-state index is 0.0204. The van der Waals surface area contributed by atoms with Gasteiger partial charge in [-0.25, -0.2) is 4.39 Å². The Morgan fingerprint density at radius 1 is 0.880 bits per heavy atom. The van der Waals surface area contributed by atoms with Gasteiger partial charge in [-0.15, -0.1) is 0 Å². The Morgan fingerprint density at radius 3 is 2.28 bits per heavy atom. The summed E-state index contributed by atoms with van der Waals surface area (Å²) in [6, 6.07) is 14.4. The van der Waals surface area contributed by atoms with Gasteiger partial charge >= 0.3 is 5.97 Å². The Balaban J connectivity index is 1.54. The lowest BCUT2D eigenvalue weighted by Gasteiger charge is -2.09. The molecule has 1 N–H and O–H groups in total. The molecule has 0 fully saturated rings. The number of para-hydroxylation sites is 1. The van der Waals surface area contributed by atoms with Gasteiger partial charge in [-0.05, 0) is 36.4 Å². The van der Waals surface area contributed by atoms with Crippen molar-refractivity contribution in [3.63, 3.8) is 0 Å². The lowest BCUT2D eigenvalue weighted by molar-refractivity contribution is -0.144. The van der Waals surface area contributed by atoms with Gasteiger partial charge < -0.3 is 19.5 Å². The van der Waals surface area contributed by atoms with Crippen LogP contribution in [0.4, 0.5) is 4.39 Å². The van der Waals surface area contributed by atoms with Crippen molar-refractivity contribution in [1.29, 1.82) is 0 Å². The van der Waals surface area contributed by atoms with Crippen LogP contribution in [0.15, 0.2) is 54.6 Å². The Kier molecular flexibility index (Phi) is 7.24. The number of hydrogen-bond acceptors (Lipinski definition) is 5. The summed E-state index contributed by atoms with van der Waals surface area (Å²) in [7, 11) is 0. The molecule has 0 heterocycles. The predicted molar refractivity (Wildman–Crippen MR) is 87.8 cm³/mol. The third kappa shape index (κ3) is 7.34. The van der Waals surface area contributed by atoms with E-state index >= 15 is 0 Å². The molecule has 0 saturated carbocycles. The summed E-state index contributed by atoms with van der Waals surface area (Å²) in [6.07, 6.45) is 0. The van der Waals surface area contributed by atoms with Crippen LogP contribution < -0.4 is 14.8 Å². The van der Waals surface area contributed by atoms with Crippen LogP contribution in [0, 0.1) is 5.82 Å². The lowest BCUT2D eigenvalue weighted by Crippen LogP contribution is -2.34. The second kappa shape index (κ2) is 9.92. The van der Waals surface area contributed by atoms with Crippen molar-refractivity contribution in [2.45, 2.75) is 0 Å². The fraction of sp³-hybridized carbons (Fsp3) is 0.222. The molecule has 0 atom stereocenters. The van der Waals surface area contributed by atoms with Crippen molar-refractivity contribution in [2.24, 2.45) is 0 Å². The van der Waals surface area contributed by atoms with Gasteiger partial charge in [0.15, 0.2) is 6.61 Å². The normalized spacial score (nSPS) is 9.96. The SMILES string of the molecule is O=C(COc1ccccc1)NCC(=O)OCCOc1ccc(F)cc1. The van der Waals surface area contributed by atoms with Gasteiger partial charge in [-0.3, -0.25) is 9.59 Å². The number of carbonyl (C=O) groups is 2. The van der Waals surface area contributed by atoms with Crippen LogP contribution >= 0.6 is 0 Å². The van der Waals surface area contributed by atoms with E-state index in [2.05, 4.69) is 5.32 Å². The number of carbonyl (C=O) groups excluding carboxylic acids is 2. The Hall–Kier alpha value is -3.09. The molecule has 0 unspecified atom stereocenters. The summed E-state index contributed by atoms with van der Waals surface area (Å²) >= 11 is 0. The van der Waals surface area contributed by atoms with Crippen LogP contribution in [-0.2, 0) is 14.3 Å². The van der Waals surface area contributed by atoms with Crippen LogP contribution in [-0.4, -0.2) is 38.2 Å². The molecule has 6 nitrogen and oxygen atoms in total. The minimum Gasteiger partial charge on any atom is -0.490 e. The van der Waals surface area contributed by atoms with Crippen molar-refractivity contribution in [3.8, 4) is 11.5 Å². The van der Waals surface area contributed by atoms with E-state index in [0.29, 0.717) is 11.5 Å². The van der Waals surface area contributed by atoms with Gasteiger partial charge in [0.1, 0.15) is 37.1 Å². The fourth-order valence-electron chi connectivity index (χ4n) is 1.78. The molecule has 0 aliphatic carbocycles. The molecule has 0 aliphatic heterocycles. The largest absolute Gasteiger partial charge is 0.490 e. The summed E-state index contributed by atoms with van der Waals surface area (Å²) in [6.45, 7) is -0.298. The van der Waals surface area contributed by atoms with E-state index in [4.69, 9.17) is 14.2 Å². The monoisotopic (exact) mass is 347 g/mol. The number of benzene rings is 2. The third-order valence-electron chi connectivity index (χ3n) is 2.97. The van der Waals surface area contributed by atoms with Crippen molar-refractivity contribution in [2.75, 3.05) is 26.4 Å². The van der Waals surface area contributed by atoms with E-state index in [1.807, 2.05) is 6.07 Å². The molecule has 7 heteroatoms. The van der Waals surface area contributed by atoms with Crippen LogP contribution in [0.2, 0.25) is 0 Å². The molecule has 0 bridgehead atoms. The first-order valence-corrected chi connectivity index (χ1v) is 7.62. The Labute approximate surface area is 144 Å². The number of hydrogen-bond donors (Lipinski definition) is 1. The van der Waals surface area contributed by atoms with Gasteiger partial charge in [-0.2, -0.15) is 0 Å². The standard InChI is InChI=1S/C18H18FNO5/c19-14-6-8-16(9-7-14)23-10-11-24-18(22)12-20-17(21)13-25-15-4-2-1-3-5-15/h1-9H,10-13H2,(H,20,21). The average molecular weight is 347 g/mol. The molecule has 1 amide bonds. The number of ether oxygens (including phenoxy) is 3. The van der Waals surface area contributed by atoms with Crippen molar-refractivity contribution in [1.82, 2.24) is 5.32 Å². The van der Waals surface area contributed by atoms with E-state index in [9.17, 15) is 14.0 Å². The Morgan fingerprint density at radius 2 is 1.56 bits per heavy atom. The molecule has 132 valence electrons. The number of nitrogens with one attached hydrogen (secondary N) is 1. The zero-order valence-corrected chi connectivity index (χ0v) is 13.4. The molecule has 0 radical (unpaired) electrons. The van der Waals surface area contributed by atoms with E-state index in [1.54, 1.807) is 24.3 Å². The lowest BCUT2D eigenvalue weighted by atomic mass is 10.3. The molecule has 2 aromatic carbocycles. The average Bonchev–Trinajstić information content (AvgIpc) is 2.64. The smallest absolute Gasteiger partial charge is 0.325 e. The maximum Gasteiger partial charge on any atom is 0.325 e.